The van der Waals surface area contributed by atoms with Crippen LogP contribution < -0.4 is 20.1 Å². The smallest absolute Gasteiger partial charge is 0.287 e. The van der Waals surface area contributed by atoms with Crippen LogP contribution in [0.1, 0.15) is 74.6 Å². The molecule has 0 spiro atoms. The molecule has 0 bridgehead atoms. The van der Waals surface area contributed by atoms with Crippen LogP contribution in [0, 0.1) is 0 Å². The summed E-state index contributed by atoms with van der Waals surface area (Å²) in [5.41, 5.74) is 2.92. The fourth-order valence-electron chi connectivity index (χ4n) is 6.56. The maximum atomic E-state index is 12.6. The third-order valence-electron chi connectivity index (χ3n) is 9.66. The summed E-state index contributed by atoms with van der Waals surface area (Å²) in [4.78, 5) is 45.2. The van der Waals surface area contributed by atoms with Crippen molar-refractivity contribution >= 4 is 33.9 Å². The number of fused-ring (bicyclic) bond motifs is 2. The molecular formula is C38H56N8O6. The molecule has 284 valence electrons. The minimum absolute atomic E-state index is 0.160. The van der Waals surface area contributed by atoms with E-state index in [0.29, 0.717) is 72.7 Å². The van der Waals surface area contributed by atoms with E-state index in [1.807, 2.05) is 36.4 Å². The Labute approximate surface area is 306 Å². The normalized spacial score (nSPS) is 16.3. The fraction of sp³-hybridized carbons (Fsp3) is 0.579. The van der Waals surface area contributed by atoms with E-state index in [1.165, 1.54) is 0 Å². The molecule has 0 unspecified atom stereocenters. The fourth-order valence-corrected chi connectivity index (χ4v) is 6.56. The second kappa shape index (κ2) is 19.0. The van der Waals surface area contributed by atoms with Gasteiger partial charge < -0.3 is 49.3 Å². The van der Waals surface area contributed by atoms with Gasteiger partial charge in [0.05, 0.1) is 24.2 Å². The van der Waals surface area contributed by atoms with Crippen molar-refractivity contribution in [3.05, 3.63) is 48.0 Å². The first kappa shape index (κ1) is 39.0. The molecular weight excluding hydrogens is 664 g/mol. The first-order valence-electron chi connectivity index (χ1n) is 18.5. The van der Waals surface area contributed by atoms with Crippen LogP contribution >= 0.6 is 0 Å². The van der Waals surface area contributed by atoms with Gasteiger partial charge in [0.1, 0.15) is 35.7 Å². The van der Waals surface area contributed by atoms with Crippen molar-refractivity contribution in [3.8, 4) is 11.5 Å². The lowest BCUT2D eigenvalue weighted by atomic mass is 10.0. The number of nitrogens with zero attached hydrogens (tertiary/aromatic N) is 4. The van der Waals surface area contributed by atoms with Crippen molar-refractivity contribution in [2.75, 3.05) is 66.8 Å². The Balaban J connectivity index is 0.000000201. The van der Waals surface area contributed by atoms with E-state index >= 15 is 0 Å². The Hall–Kier alpha value is -4.24. The third-order valence-corrected chi connectivity index (χ3v) is 9.66. The largest absolute Gasteiger partial charge is 0.489 e. The molecule has 0 atom stereocenters. The molecule has 4 heterocycles. The number of aromatic amines is 2. The van der Waals surface area contributed by atoms with Crippen LogP contribution in [-0.4, -0.2) is 133 Å². The molecule has 2 aliphatic heterocycles. The van der Waals surface area contributed by atoms with Crippen LogP contribution in [0.15, 0.2) is 36.4 Å². The van der Waals surface area contributed by atoms with Crippen LogP contribution in [0.3, 0.4) is 0 Å². The number of carbonyl (C=O) groups is 2. The Morgan fingerprint density at radius 1 is 0.673 bits per heavy atom. The Morgan fingerprint density at radius 2 is 1.06 bits per heavy atom. The van der Waals surface area contributed by atoms with Crippen LogP contribution in [0.25, 0.3) is 22.1 Å². The zero-order valence-electron chi connectivity index (χ0n) is 31.5. The maximum Gasteiger partial charge on any atom is 0.287 e. The number of piperidine rings is 2. The average molecular weight is 721 g/mol. The highest BCUT2D eigenvalue weighted by atomic mass is 16.5. The van der Waals surface area contributed by atoms with E-state index in [2.05, 4.69) is 68.1 Å². The number of rotatable bonds is 14. The number of nitrogens with one attached hydrogen (secondary N) is 4. The molecule has 2 saturated heterocycles. The van der Waals surface area contributed by atoms with E-state index in [0.717, 1.165) is 62.9 Å². The third kappa shape index (κ3) is 10.4. The number of H-pyrrole nitrogens is 2. The highest BCUT2D eigenvalue weighted by Crippen LogP contribution is 2.25. The van der Waals surface area contributed by atoms with Crippen molar-refractivity contribution in [2.24, 2.45) is 0 Å². The summed E-state index contributed by atoms with van der Waals surface area (Å²) in [5, 5.41) is 6.21. The summed E-state index contributed by atoms with van der Waals surface area (Å²) in [6, 6.07) is 12.7. The molecule has 2 aliphatic rings. The van der Waals surface area contributed by atoms with Crippen LogP contribution in [0.5, 0.6) is 11.5 Å². The minimum Gasteiger partial charge on any atom is -0.489 e. The predicted octanol–water partition coefficient (Wildman–Crippen LogP) is 4.38. The molecule has 2 amide bonds. The number of hydrogen-bond acceptors (Lipinski definition) is 10. The number of carbonyl (C=O) groups excluding carboxylic acids is 2. The van der Waals surface area contributed by atoms with Crippen LogP contribution in [0.2, 0.25) is 0 Å². The zero-order valence-corrected chi connectivity index (χ0v) is 31.5. The van der Waals surface area contributed by atoms with Crippen molar-refractivity contribution < 1.29 is 28.5 Å². The summed E-state index contributed by atoms with van der Waals surface area (Å²) in [6.07, 6.45) is 3.87. The standard InChI is InChI=1S/2C19H28N4O3/c2*1-13(2)23-9-7-14(8-10-23)20-19(24)18-21-15-5-4-6-16(17(15)22-18)26-12-11-25-3/h2*4-6,13-14H,7-12H2,1-3H3,(H,20,24)(H,21,22). The van der Waals surface area contributed by atoms with Crippen molar-refractivity contribution in [1.29, 1.82) is 0 Å². The van der Waals surface area contributed by atoms with E-state index < -0.39 is 0 Å². The summed E-state index contributed by atoms with van der Waals surface area (Å²) in [7, 11) is 3.26. The Morgan fingerprint density at radius 3 is 1.40 bits per heavy atom. The van der Waals surface area contributed by atoms with Gasteiger partial charge in [0.25, 0.3) is 11.8 Å². The number of likely N-dealkylation sites (tertiary alicyclic amines) is 2. The van der Waals surface area contributed by atoms with E-state index in [9.17, 15) is 9.59 Å². The van der Waals surface area contributed by atoms with Gasteiger partial charge in [0.2, 0.25) is 0 Å². The summed E-state index contributed by atoms with van der Waals surface area (Å²) >= 11 is 0. The monoisotopic (exact) mass is 720 g/mol. The van der Waals surface area contributed by atoms with E-state index in [-0.39, 0.29) is 23.9 Å². The van der Waals surface area contributed by atoms with Gasteiger partial charge in [0, 0.05) is 64.6 Å². The van der Waals surface area contributed by atoms with Gasteiger partial charge in [-0.15, -0.1) is 0 Å². The number of para-hydroxylation sites is 2. The van der Waals surface area contributed by atoms with Gasteiger partial charge in [-0.2, -0.15) is 0 Å². The number of imidazole rings is 2. The van der Waals surface area contributed by atoms with Crippen molar-refractivity contribution in [2.45, 2.75) is 77.5 Å². The SMILES string of the molecule is COCCOc1cccc2[nH]c(C(=O)NC3CCN(C(C)C)CC3)nc12.COCCOc1cccc2[nH]c(C(=O)NC3CCN(C(C)C)CC3)nc12. The van der Waals surface area contributed by atoms with Gasteiger partial charge in [-0.1, -0.05) is 12.1 Å². The lowest BCUT2D eigenvalue weighted by molar-refractivity contribution is 0.0883. The van der Waals surface area contributed by atoms with Crippen LogP contribution in [-0.2, 0) is 9.47 Å². The molecule has 14 heteroatoms. The van der Waals surface area contributed by atoms with Crippen LogP contribution in [0.4, 0.5) is 0 Å². The summed E-state index contributed by atoms with van der Waals surface area (Å²) in [6.45, 7) is 14.8. The molecule has 6 rings (SSSR count). The predicted molar refractivity (Wildman–Crippen MR) is 201 cm³/mol. The first-order valence-corrected chi connectivity index (χ1v) is 18.5. The van der Waals surface area contributed by atoms with Gasteiger partial charge in [0.15, 0.2) is 11.6 Å². The second-order valence-electron chi connectivity index (χ2n) is 13.9. The van der Waals surface area contributed by atoms with E-state index in [1.54, 1.807) is 14.2 Å². The lowest BCUT2D eigenvalue weighted by Crippen LogP contribution is -2.46. The molecule has 4 aromatic rings. The molecule has 2 aromatic carbocycles. The molecule has 0 aliphatic carbocycles. The Bertz CT molecular complexity index is 1600. The number of aromatic nitrogens is 4. The topological polar surface area (TPSA) is 159 Å². The van der Waals surface area contributed by atoms with Gasteiger partial charge in [-0.3, -0.25) is 9.59 Å². The lowest BCUT2D eigenvalue weighted by Gasteiger charge is -2.34. The number of ether oxygens (including phenoxy) is 4. The number of hydrogen-bond donors (Lipinski definition) is 4. The Kier molecular flexibility index (Phi) is 14.3. The molecule has 4 N–H and O–H groups in total. The number of amides is 2. The highest BCUT2D eigenvalue weighted by molar-refractivity contribution is 5.96. The quantitative estimate of drug-likeness (QED) is 0.138. The average Bonchev–Trinajstić information content (AvgIpc) is 3.79. The van der Waals surface area contributed by atoms with Gasteiger partial charge in [-0.25, -0.2) is 9.97 Å². The summed E-state index contributed by atoms with van der Waals surface area (Å²) in [5.74, 6) is 1.64. The highest BCUT2D eigenvalue weighted by Gasteiger charge is 2.25. The van der Waals surface area contributed by atoms with Crippen molar-refractivity contribution in [1.82, 2.24) is 40.4 Å². The summed E-state index contributed by atoms with van der Waals surface area (Å²) < 4.78 is 21.4. The minimum atomic E-state index is -0.160. The molecule has 52 heavy (non-hydrogen) atoms. The molecule has 14 nitrogen and oxygen atoms in total. The number of methoxy groups -OCH3 is 2. The zero-order chi connectivity index (χ0) is 37.0. The van der Waals surface area contributed by atoms with Gasteiger partial charge >= 0.3 is 0 Å². The molecule has 2 fully saturated rings. The molecule has 0 radical (unpaired) electrons. The number of benzene rings is 2. The first-order chi connectivity index (χ1) is 25.2. The molecule has 0 saturated carbocycles. The second-order valence-corrected chi connectivity index (χ2v) is 13.9. The van der Waals surface area contributed by atoms with Crippen molar-refractivity contribution in [3.63, 3.8) is 0 Å². The van der Waals surface area contributed by atoms with Gasteiger partial charge in [-0.05, 0) is 77.6 Å². The maximum absolute atomic E-state index is 12.6. The van der Waals surface area contributed by atoms with E-state index in [4.69, 9.17) is 18.9 Å². The molecule has 2 aromatic heterocycles.